The van der Waals surface area contributed by atoms with Crippen molar-refractivity contribution in [2.75, 3.05) is 13.1 Å². The molecule has 1 N–H and O–H groups in total. The smallest absolute Gasteiger partial charge is 0.328 e. The van der Waals surface area contributed by atoms with Gasteiger partial charge in [-0.25, -0.2) is 4.79 Å². The number of hydrogen-bond donors (Lipinski definition) is 1. The van der Waals surface area contributed by atoms with E-state index in [0.717, 1.165) is 32.4 Å². The summed E-state index contributed by atoms with van der Waals surface area (Å²) in [5, 5.41) is 10.4. The Hall–Kier alpha value is -0.770. The van der Waals surface area contributed by atoms with E-state index in [0.29, 0.717) is 15.6 Å². The summed E-state index contributed by atoms with van der Waals surface area (Å²) in [7, 11) is 0. The van der Waals surface area contributed by atoms with Crippen molar-refractivity contribution < 1.29 is 9.90 Å². The number of carbonyl (C=O) groups is 1. The van der Waals surface area contributed by atoms with E-state index >= 15 is 0 Å². The molecule has 1 aliphatic heterocycles. The van der Waals surface area contributed by atoms with E-state index in [-0.39, 0.29) is 0 Å². The molecule has 19 heavy (non-hydrogen) atoms. The molecule has 1 aromatic rings. The topological polar surface area (TPSA) is 40.5 Å². The number of carboxylic acids is 1. The lowest BCUT2D eigenvalue weighted by atomic mass is 9.88. The number of benzene rings is 1. The SMILES string of the molecule is CC(C(=O)O)(c1cccc(Cl)c1Cl)N1CCCCC1. The Morgan fingerprint density at radius 2 is 1.89 bits per heavy atom. The number of carboxylic acid groups (broad SMARTS) is 1. The van der Waals surface area contributed by atoms with Crippen LogP contribution in [0, 0.1) is 0 Å². The van der Waals surface area contributed by atoms with Crippen LogP contribution in [0.15, 0.2) is 18.2 Å². The van der Waals surface area contributed by atoms with Gasteiger partial charge in [-0.15, -0.1) is 0 Å². The standard InChI is InChI=1S/C14H17Cl2NO2/c1-14(13(18)19,17-8-3-2-4-9-17)10-6-5-7-11(15)12(10)16/h5-7H,2-4,8-9H2,1H3,(H,18,19). The number of rotatable bonds is 3. The minimum absolute atomic E-state index is 0.333. The molecule has 1 atom stereocenters. The van der Waals surface area contributed by atoms with Gasteiger partial charge in [0.1, 0.15) is 5.54 Å². The Labute approximate surface area is 123 Å². The average molecular weight is 302 g/mol. The van der Waals surface area contributed by atoms with Crippen molar-refractivity contribution in [3.8, 4) is 0 Å². The summed E-state index contributed by atoms with van der Waals surface area (Å²) in [5.74, 6) is -0.890. The van der Waals surface area contributed by atoms with Crippen LogP contribution in [0.3, 0.4) is 0 Å². The lowest BCUT2D eigenvalue weighted by molar-refractivity contribution is -0.152. The van der Waals surface area contributed by atoms with Gasteiger partial charge < -0.3 is 5.11 Å². The van der Waals surface area contributed by atoms with Crippen LogP contribution in [0.5, 0.6) is 0 Å². The zero-order valence-electron chi connectivity index (χ0n) is 10.8. The maximum Gasteiger partial charge on any atom is 0.328 e. The molecule has 1 aliphatic rings. The highest BCUT2D eigenvalue weighted by atomic mass is 35.5. The third-order valence-corrected chi connectivity index (χ3v) is 4.70. The molecule has 2 rings (SSSR count). The van der Waals surface area contributed by atoms with Crippen molar-refractivity contribution in [1.29, 1.82) is 0 Å². The molecule has 0 saturated carbocycles. The van der Waals surface area contributed by atoms with Gasteiger partial charge in [-0.1, -0.05) is 41.8 Å². The fourth-order valence-electron chi connectivity index (χ4n) is 2.64. The van der Waals surface area contributed by atoms with Crippen molar-refractivity contribution in [2.24, 2.45) is 0 Å². The first kappa shape index (κ1) is 14.6. The summed E-state index contributed by atoms with van der Waals surface area (Å²) >= 11 is 12.2. The summed E-state index contributed by atoms with van der Waals surface area (Å²) in [6, 6.07) is 5.16. The van der Waals surface area contributed by atoms with Gasteiger partial charge in [0.15, 0.2) is 0 Å². The Balaban J connectivity index is 2.49. The average Bonchev–Trinajstić information content (AvgIpc) is 2.42. The molecule has 0 radical (unpaired) electrons. The summed E-state index contributed by atoms with van der Waals surface area (Å²) in [5.41, 5.74) is -0.557. The van der Waals surface area contributed by atoms with Gasteiger partial charge in [0.25, 0.3) is 0 Å². The molecule has 0 amide bonds. The van der Waals surface area contributed by atoms with E-state index in [2.05, 4.69) is 0 Å². The monoisotopic (exact) mass is 301 g/mol. The maximum atomic E-state index is 11.8. The molecule has 1 fully saturated rings. The van der Waals surface area contributed by atoms with Crippen LogP contribution in [-0.4, -0.2) is 29.1 Å². The first-order chi connectivity index (χ1) is 8.98. The molecule has 0 aromatic heterocycles. The van der Waals surface area contributed by atoms with E-state index < -0.39 is 11.5 Å². The molecule has 1 aromatic carbocycles. The molecule has 0 aliphatic carbocycles. The number of aliphatic carboxylic acids is 1. The minimum atomic E-state index is -1.12. The van der Waals surface area contributed by atoms with Gasteiger partial charge in [-0.05, 0) is 38.9 Å². The van der Waals surface area contributed by atoms with E-state index in [1.165, 1.54) is 0 Å². The van der Waals surface area contributed by atoms with Crippen LogP contribution < -0.4 is 0 Å². The molecule has 0 spiro atoms. The highest BCUT2D eigenvalue weighted by Crippen LogP contribution is 2.38. The Morgan fingerprint density at radius 3 is 2.47 bits per heavy atom. The van der Waals surface area contributed by atoms with Crippen molar-refractivity contribution in [2.45, 2.75) is 31.7 Å². The molecular weight excluding hydrogens is 285 g/mol. The molecular formula is C14H17Cl2NO2. The van der Waals surface area contributed by atoms with Crippen LogP contribution in [0.4, 0.5) is 0 Å². The third kappa shape index (κ3) is 2.60. The highest BCUT2D eigenvalue weighted by molar-refractivity contribution is 6.42. The number of piperidine rings is 1. The number of hydrogen-bond acceptors (Lipinski definition) is 2. The summed E-state index contributed by atoms with van der Waals surface area (Å²) in [6.07, 6.45) is 3.18. The Bertz CT molecular complexity index is 486. The van der Waals surface area contributed by atoms with E-state index in [4.69, 9.17) is 23.2 Å². The summed E-state index contributed by atoms with van der Waals surface area (Å²) < 4.78 is 0. The number of likely N-dealkylation sites (tertiary alicyclic amines) is 1. The largest absolute Gasteiger partial charge is 0.480 e. The predicted molar refractivity (Wildman–Crippen MR) is 76.9 cm³/mol. The second-order valence-electron chi connectivity index (χ2n) is 5.03. The second kappa shape index (κ2) is 5.70. The van der Waals surface area contributed by atoms with Crippen molar-refractivity contribution in [3.05, 3.63) is 33.8 Å². The Morgan fingerprint density at radius 1 is 1.26 bits per heavy atom. The van der Waals surface area contributed by atoms with Crippen LogP contribution in [0.1, 0.15) is 31.7 Å². The van der Waals surface area contributed by atoms with Gasteiger partial charge in [-0.2, -0.15) is 0 Å². The van der Waals surface area contributed by atoms with Crippen molar-refractivity contribution in [3.63, 3.8) is 0 Å². The zero-order chi connectivity index (χ0) is 14.0. The molecule has 1 saturated heterocycles. The van der Waals surface area contributed by atoms with Gasteiger partial charge in [-0.3, -0.25) is 4.90 Å². The molecule has 0 bridgehead atoms. The zero-order valence-corrected chi connectivity index (χ0v) is 12.3. The minimum Gasteiger partial charge on any atom is -0.480 e. The quantitative estimate of drug-likeness (QED) is 0.923. The normalized spacial score (nSPS) is 19.9. The first-order valence-corrected chi connectivity index (χ1v) is 7.16. The van der Waals surface area contributed by atoms with Gasteiger partial charge in [0.2, 0.25) is 0 Å². The molecule has 1 heterocycles. The summed E-state index contributed by atoms with van der Waals surface area (Å²) in [6.45, 7) is 3.25. The molecule has 5 heteroatoms. The van der Waals surface area contributed by atoms with E-state index in [9.17, 15) is 9.90 Å². The fraction of sp³-hybridized carbons (Fsp3) is 0.500. The van der Waals surface area contributed by atoms with Crippen LogP contribution >= 0.6 is 23.2 Å². The number of nitrogens with zero attached hydrogens (tertiary/aromatic N) is 1. The first-order valence-electron chi connectivity index (χ1n) is 6.41. The molecule has 3 nitrogen and oxygen atoms in total. The lowest BCUT2D eigenvalue weighted by Gasteiger charge is -2.41. The van der Waals surface area contributed by atoms with Gasteiger partial charge in [0.05, 0.1) is 10.0 Å². The van der Waals surface area contributed by atoms with Gasteiger partial charge >= 0.3 is 5.97 Å². The number of halogens is 2. The van der Waals surface area contributed by atoms with E-state index in [1.54, 1.807) is 25.1 Å². The van der Waals surface area contributed by atoms with Crippen molar-refractivity contribution in [1.82, 2.24) is 4.90 Å². The van der Waals surface area contributed by atoms with Crippen LogP contribution in [0.25, 0.3) is 0 Å². The Kier molecular flexibility index (Phi) is 4.39. The lowest BCUT2D eigenvalue weighted by Crippen LogP contribution is -2.52. The third-order valence-electron chi connectivity index (χ3n) is 3.88. The van der Waals surface area contributed by atoms with E-state index in [1.807, 2.05) is 4.90 Å². The van der Waals surface area contributed by atoms with Crippen LogP contribution in [-0.2, 0) is 10.3 Å². The van der Waals surface area contributed by atoms with Gasteiger partial charge in [0, 0.05) is 5.56 Å². The highest BCUT2D eigenvalue weighted by Gasteiger charge is 2.43. The predicted octanol–water partition coefficient (Wildman–Crippen LogP) is 3.78. The molecule has 1 unspecified atom stereocenters. The second-order valence-corrected chi connectivity index (χ2v) is 5.81. The maximum absolute atomic E-state index is 11.8. The summed E-state index contributed by atoms with van der Waals surface area (Å²) in [4.78, 5) is 13.8. The fourth-order valence-corrected chi connectivity index (χ4v) is 3.13. The van der Waals surface area contributed by atoms with Crippen molar-refractivity contribution >= 4 is 29.2 Å². The molecule has 104 valence electrons. The van der Waals surface area contributed by atoms with Crippen LogP contribution in [0.2, 0.25) is 10.0 Å².